The molecule has 1 saturated carbocycles. The molecule has 2 aromatic rings. The third-order valence-corrected chi connectivity index (χ3v) is 7.81. The van der Waals surface area contributed by atoms with Crippen LogP contribution in [0.15, 0.2) is 42.7 Å². The van der Waals surface area contributed by atoms with Gasteiger partial charge >= 0.3 is 0 Å². The summed E-state index contributed by atoms with van der Waals surface area (Å²) in [6, 6.07) is 13.2. The zero-order valence-corrected chi connectivity index (χ0v) is 19.5. The molecule has 1 aliphatic carbocycles. The van der Waals surface area contributed by atoms with Gasteiger partial charge in [0.2, 0.25) is 0 Å². The Labute approximate surface area is 192 Å². The maximum absolute atomic E-state index is 10.0. The van der Waals surface area contributed by atoms with Gasteiger partial charge in [-0.25, -0.2) is 0 Å². The molecule has 1 N–H and O–H groups in total. The topological polar surface area (TPSA) is 56.5 Å². The van der Waals surface area contributed by atoms with E-state index < -0.39 is 0 Å². The number of piperidine rings is 1. The van der Waals surface area contributed by atoms with E-state index in [1.54, 1.807) is 0 Å². The predicted octanol–water partition coefficient (Wildman–Crippen LogP) is 6.90. The minimum Gasteiger partial charge on any atom is -0.513 e. The molecule has 4 nitrogen and oxygen atoms in total. The standard InChI is InChI=1S/C28H36N2O2/c1-4-21-5-10-25(11-6-21)32-28-12-9-23-7-8-24(17-26(23)27(28)18-29)19(2)30-15-13-22(14-16-30)20(3)31/h7-9,12,17,19,21-22,25,31H,3-6,10-11,13-16H2,1-2H3/t19?,21-,25+. The molecule has 1 unspecified atom stereocenters. The smallest absolute Gasteiger partial charge is 0.138 e. The van der Waals surface area contributed by atoms with Crippen LogP contribution in [0.2, 0.25) is 0 Å². The molecule has 170 valence electrons. The van der Waals surface area contributed by atoms with Crippen molar-refractivity contribution in [2.24, 2.45) is 11.8 Å². The molecule has 2 fully saturated rings. The van der Waals surface area contributed by atoms with Crippen LogP contribution in [0.25, 0.3) is 10.8 Å². The van der Waals surface area contributed by atoms with E-state index in [1.807, 2.05) is 6.07 Å². The number of hydrogen-bond donors (Lipinski definition) is 1. The fraction of sp³-hybridized carbons (Fsp3) is 0.536. The van der Waals surface area contributed by atoms with Crippen molar-refractivity contribution in [2.75, 3.05) is 13.1 Å². The summed E-state index contributed by atoms with van der Waals surface area (Å²) in [6.45, 7) is 10.1. The second-order valence-electron chi connectivity index (χ2n) is 9.68. The molecule has 0 aromatic heterocycles. The van der Waals surface area contributed by atoms with Crippen LogP contribution in [-0.4, -0.2) is 29.2 Å². The van der Waals surface area contributed by atoms with Crippen LogP contribution in [0.4, 0.5) is 0 Å². The third kappa shape index (κ3) is 4.79. The summed E-state index contributed by atoms with van der Waals surface area (Å²) in [5.41, 5.74) is 1.88. The van der Waals surface area contributed by atoms with Gasteiger partial charge in [0.1, 0.15) is 17.4 Å². The van der Waals surface area contributed by atoms with E-state index in [0.29, 0.717) is 11.3 Å². The first-order valence-corrected chi connectivity index (χ1v) is 12.2. The number of hydrogen-bond acceptors (Lipinski definition) is 4. The first-order valence-electron chi connectivity index (χ1n) is 12.2. The Kier molecular flexibility index (Phi) is 7.06. The molecule has 32 heavy (non-hydrogen) atoms. The lowest BCUT2D eigenvalue weighted by Crippen LogP contribution is -2.36. The first-order chi connectivity index (χ1) is 15.5. The van der Waals surface area contributed by atoms with Crippen LogP contribution in [0.5, 0.6) is 5.75 Å². The number of nitrogens with zero attached hydrogens (tertiary/aromatic N) is 2. The zero-order valence-electron chi connectivity index (χ0n) is 19.5. The van der Waals surface area contributed by atoms with E-state index in [2.05, 4.69) is 55.7 Å². The average molecular weight is 433 g/mol. The Bertz CT molecular complexity index is 992. The van der Waals surface area contributed by atoms with Crippen molar-refractivity contribution < 1.29 is 9.84 Å². The molecule has 1 heterocycles. The molecule has 0 amide bonds. The van der Waals surface area contributed by atoms with E-state index in [9.17, 15) is 10.4 Å². The Morgan fingerprint density at radius 1 is 1.16 bits per heavy atom. The lowest BCUT2D eigenvalue weighted by atomic mass is 9.86. The van der Waals surface area contributed by atoms with Gasteiger partial charge < -0.3 is 9.84 Å². The van der Waals surface area contributed by atoms with Crippen molar-refractivity contribution >= 4 is 10.8 Å². The number of ether oxygens (including phenoxy) is 1. The van der Waals surface area contributed by atoms with Gasteiger partial charge in [0, 0.05) is 17.3 Å². The SMILES string of the molecule is C=C(O)C1CCN(C(C)c2ccc3ccc(O[C@H]4CC[C@@H](CC)CC4)c(C#N)c3c2)CC1. The highest BCUT2D eigenvalue weighted by Crippen LogP contribution is 2.35. The summed E-state index contributed by atoms with van der Waals surface area (Å²) in [6.07, 6.45) is 7.94. The largest absolute Gasteiger partial charge is 0.513 e. The number of fused-ring (bicyclic) bond motifs is 1. The van der Waals surface area contributed by atoms with Gasteiger partial charge in [0.15, 0.2) is 0 Å². The summed E-state index contributed by atoms with van der Waals surface area (Å²) in [5.74, 6) is 2.09. The Balaban J connectivity index is 1.54. The summed E-state index contributed by atoms with van der Waals surface area (Å²) in [5, 5.41) is 21.8. The highest BCUT2D eigenvalue weighted by Gasteiger charge is 2.26. The number of likely N-dealkylation sites (tertiary alicyclic amines) is 1. The number of benzene rings is 2. The fourth-order valence-electron chi connectivity index (χ4n) is 5.46. The Hall–Kier alpha value is -2.51. The molecule has 0 radical (unpaired) electrons. The van der Waals surface area contributed by atoms with Gasteiger partial charge in [-0.05, 0) is 87.5 Å². The monoisotopic (exact) mass is 432 g/mol. The molecule has 4 rings (SSSR count). The van der Waals surface area contributed by atoms with E-state index in [4.69, 9.17) is 4.74 Å². The number of aliphatic hydroxyl groups excluding tert-OH is 1. The molecule has 2 aromatic carbocycles. The third-order valence-electron chi connectivity index (χ3n) is 7.81. The molecule has 0 bridgehead atoms. The number of allylic oxidation sites excluding steroid dienone is 1. The summed E-state index contributed by atoms with van der Waals surface area (Å²) in [4.78, 5) is 2.46. The minimum absolute atomic E-state index is 0.215. The van der Waals surface area contributed by atoms with Gasteiger partial charge in [-0.3, -0.25) is 4.90 Å². The predicted molar refractivity (Wildman–Crippen MR) is 130 cm³/mol. The molecular formula is C28H36N2O2. The average Bonchev–Trinajstić information content (AvgIpc) is 2.83. The highest BCUT2D eigenvalue weighted by atomic mass is 16.5. The lowest BCUT2D eigenvalue weighted by molar-refractivity contribution is 0.130. The quantitative estimate of drug-likeness (QED) is 0.504. The van der Waals surface area contributed by atoms with E-state index in [-0.39, 0.29) is 18.1 Å². The van der Waals surface area contributed by atoms with Gasteiger partial charge in [-0.15, -0.1) is 0 Å². The van der Waals surface area contributed by atoms with Crippen LogP contribution >= 0.6 is 0 Å². The minimum atomic E-state index is 0.215. The van der Waals surface area contributed by atoms with Gasteiger partial charge in [0.05, 0.1) is 11.9 Å². The maximum atomic E-state index is 10.0. The molecule has 1 atom stereocenters. The molecular weight excluding hydrogens is 396 g/mol. The van der Waals surface area contributed by atoms with E-state index in [1.165, 1.54) is 24.8 Å². The van der Waals surface area contributed by atoms with Crippen LogP contribution in [0, 0.1) is 23.2 Å². The lowest BCUT2D eigenvalue weighted by Gasteiger charge is -2.36. The number of rotatable bonds is 6. The molecule has 4 heteroatoms. The Morgan fingerprint density at radius 2 is 1.84 bits per heavy atom. The second-order valence-corrected chi connectivity index (χ2v) is 9.68. The van der Waals surface area contributed by atoms with Crippen molar-refractivity contribution in [1.82, 2.24) is 4.90 Å². The van der Waals surface area contributed by atoms with Gasteiger partial charge in [-0.1, -0.05) is 38.1 Å². The van der Waals surface area contributed by atoms with Crippen LogP contribution < -0.4 is 4.74 Å². The summed E-state index contributed by atoms with van der Waals surface area (Å²) >= 11 is 0. The molecule has 0 spiro atoms. The van der Waals surface area contributed by atoms with Crippen LogP contribution in [0.1, 0.15) is 76.0 Å². The Morgan fingerprint density at radius 3 is 2.47 bits per heavy atom. The normalized spacial score (nSPS) is 23.5. The summed E-state index contributed by atoms with van der Waals surface area (Å²) < 4.78 is 6.36. The zero-order chi connectivity index (χ0) is 22.7. The van der Waals surface area contributed by atoms with E-state index in [0.717, 1.165) is 61.2 Å². The van der Waals surface area contributed by atoms with Crippen molar-refractivity contribution in [2.45, 2.75) is 70.9 Å². The first kappa shape index (κ1) is 22.7. The van der Waals surface area contributed by atoms with Crippen molar-refractivity contribution in [1.29, 1.82) is 5.26 Å². The van der Waals surface area contributed by atoms with Gasteiger partial charge in [0.25, 0.3) is 0 Å². The van der Waals surface area contributed by atoms with Crippen LogP contribution in [-0.2, 0) is 0 Å². The molecule has 1 aliphatic heterocycles. The van der Waals surface area contributed by atoms with Crippen molar-refractivity contribution in [3.8, 4) is 11.8 Å². The fourth-order valence-corrected chi connectivity index (χ4v) is 5.46. The van der Waals surface area contributed by atoms with Crippen molar-refractivity contribution in [3.63, 3.8) is 0 Å². The number of aliphatic hydroxyl groups is 1. The second kappa shape index (κ2) is 9.96. The van der Waals surface area contributed by atoms with Crippen molar-refractivity contribution in [3.05, 3.63) is 53.8 Å². The number of nitriles is 1. The highest BCUT2D eigenvalue weighted by molar-refractivity contribution is 5.90. The van der Waals surface area contributed by atoms with E-state index >= 15 is 0 Å². The van der Waals surface area contributed by atoms with Gasteiger partial charge in [-0.2, -0.15) is 5.26 Å². The molecule has 1 saturated heterocycles. The molecule has 2 aliphatic rings. The summed E-state index contributed by atoms with van der Waals surface area (Å²) in [7, 11) is 0. The van der Waals surface area contributed by atoms with Crippen LogP contribution in [0.3, 0.4) is 0 Å². The maximum Gasteiger partial charge on any atom is 0.138 e.